The summed E-state index contributed by atoms with van der Waals surface area (Å²) >= 11 is 0. The number of imidazole rings is 1. The van der Waals surface area contributed by atoms with Crippen LogP contribution in [0.1, 0.15) is 148 Å². The summed E-state index contributed by atoms with van der Waals surface area (Å²) in [5, 5.41) is 2.15. The van der Waals surface area contributed by atoms with Crippen molar-refractivity contribution in [1.29, 1.82) is 0 Å². The van der Waals surface area contributed by atoms with Crippen LogP contribution < -0.4 is 0 Å². The first-order valence-corrected chi connectivity index (χ1v) is 32.5. The molecule has 468 valence electrons. The molecule has 0 radical (unpaired) electrons. The second-order valence-corrected chi connectivity index (χ2v) is 27.5. The second-order valence-electron chi connectivity index (χ2n) is 27.5. The zero-order valence-corrected chi connectivity index (χ0v) is 58.6. The zero-order chi connectivity index (χ0) is 64.6. The van der Waals surface area contributed by atoms with Crippen LogP contribution in [0.3, 0.4) is 0 Å². The molecule has 93 heavy (non-hydrogen) atoms. The summed E-state index contributed by atoms with van der Waals surface area (Å²) < 4.78 is 8.90. The number of hydrogen-bond donors (Lipinski definition) is 0. The molecular weight excluding hydrogens is 1320 g/mol. The number of benzene rings is 8. The predicted octanol–water partition coefficient (Wildman–Crippen LogP) is 21.0. The van der Waals surface area contributed by atoms with Crippen LogP contribution in [0.5, 0.6) is 0 Å². The van der Waals surface area contributed by atoms with Gasteiger partial charge in [-0.05, 0) is 138 Å². The standard InChI is InChI=1S/C48H48N5O.C36H34N2.Ir/c1-28(2)36-26-32(30-22-24-31(25-23-30)43-50-45(47(5,6)7)52-46(51-43)48(8,9)10)27-37(29(3)4)41(36)53-39-20-13-12-19-38(39)49-44(53)35-18-15-17-34-33-16-11-14-21-40(33)54-42(34)35;1-25-8-15-32(16-9-25)36-21-27(3)34(24-38-36)19-14-31-7-5-6-30(22-31)11-10-29-12-17-33(18-13-29)35-20-26(2)28(4)23-37-35;/h11-17,19-29H,1-10H3;5-9,12-13,15,17,20-24H,10-11,14,19H2,1-4H3;/q-1;-2;+3. The van der Waals surface area contributed by atoms with E-state index in [0.717, 1.165) is 115 Å². The first-order valence-electron chi connectivity index (χ1n) is 32.5. The molecule has 0 aliphatic heterocycles. The first-order chi connectivity index (χ1) is 44.1. The van der Waals surface area contributed by atoms with Crippen LogP contribution in [0.25, 0.3) is 95.1 Å². The van der Waals surface area contributed by atoms with Gasteiger partial charge < -0.3 is 19.0 Å². The van der Waals surface area contributed by atoms with Crippen molar-refractivity contribution in [2.75, 3.05) is 0 Å². The number of aryl methyl sites for hydroxylation is 8. The zero-order valence-electron chi connectivity index (χ0n) is 56.2. The fourth-order valence-electron chi connectivity index (χ4n) is 12.0. The number of furan rings is 1. The molecule has 0 unspecified atom stereocenters. The first kappa shape index (κ1) is 65.5. The Kier molecular flexibility index (Phi) is 19.2. The molecule has 0 saturated heterocycles. The molecule has 13 rings (SSSR count). The van der Waals surface area contributed by atoms with E-state index in [-0.39, 0.29) is 42.8 Å². The summed E-state index contributed by atoms with van der Waals surface area (Å²) in [6, 6.07) is 70.5. The van der Waals surface area contributed by atoms with Crippen molar-refractivity contribution in [3.63, 3.8) is 0 Å². The van der Waals surface area contributed by atoms with Crippen molar-refractivity contribution < 1.29 is 24.5 Å². The fraction of sp³-hybridized carbons (Fsp3) is 0.262. The van der Waals surface area contributed by atoms with Gasteiger partial charge in [0.15, 0.2) is 5.82 Å². The molecule has 0 aliphatic carbocycles. The monoisotopic (exact) mass is 1400 g/mol. The molecule has 9 heteroatoms. The molecule has 0 saturated carbocycles. The Labute approximate surface area is 563 Å². The largest absolute Gasteiger partial charge is 3.00 e. The van der Waals surface area contributed by atoms with Crippen LogP contribution in [0.4, 0.5) is 0 Å². The molecule has 0 spiro atoms. The molecule has 13 aromatic rings. The van der Waals surface area contributed by atoms with Gasteiger partial charge in [-0.1, -0.05) is 196 Å². The molecule has 5 heterocycles. The molecule has 0 atom stereocenters. The van der Waals surface area contributed by atoms with Gasteiger partial charge in [0, 0.05) is 39.9 Å². The van der Waals surface area contributed by atoms with Gasteiger partial charge in [-0.2, -0.15) is 0 Å². The van der Waals surface area contributed by atoms with Crippen molar-refractivity contribution in [3.05, 3.63) is 268 Å². The molecule has 0 bridgehead atoms. The number of fused-ring (bicyclic) bond motifs is 4. The van der Waals surface area contributed by atoms with Crippen LogP contribution in [0, 0.1) is 45.9 Å². The summed E-state index contributed by atoms with van der Waals surface area (Å²) in [7, 11) is 0. The summed E-state index contributed by atoms with van der Waals surface area (Å²) in [5.74, 6) is 3.61. The minimum absolute atomic E-state index is 0. The van der Waals surface area contributed by atoms with Gasteiger partial charge in [0.2, 0.25) is 0 Å². The summed E-state index contributed by atoms with van der Waals surface area (Å²) in [6.07, 6.45) is 8.00. The van der Waals surface area contributed by atoms with Crippen LogP contribution in [0.2, 0.25) is 0 Å². The Morgan fingerprint density at radius 3 is 1.72 bits per heavy atom. The maximum absolute atomic E-state index is 6.55. The van der Waals surface area contributed by atoms with E-state index in [1.807, 2.05) is 36.7 Å². The molecule has 8 aromatic carbocycles. The third kappa shape index (κ3) is 14.3. The van der Waals surface area contributed by atoms with Gasteiger partial charge in [0.1, 0.15) is 17.2 Å². The van der Waals surface area contributed by atoms with E-state index in [4.69, 9.17) is 29.3 Å². The molecule has 0 fully saturated rings. The van der Waals surface area contributed by atoms with E-state index < -0.39 is 0 Å². The normalized spacial score (nSPS) is 11.8. The molecule has 0 N–H and O–H groups in total. The maximum atomic E-state index is 6.55. The van der Waals surface area contributed by atoms with E-state index in [2.05, 4.69) is 270 Å². The van der Waals surface area contributed by atoms with Gasteiger partial charge in [-0.3, -0.25) is 4.98 Å². The number of para-hydroxylation sites is 3. The van der Waals surface area contributed by atoms with Crippen molar-refractivity contribution in [3.8, 4) is 62.1 Å². The van der Waals surface area contributed by atoms with Gasteiger partial charge in [0.05, 0.1) is 22.4 Å². The number of hydrogen-bond acceptors (Lipinski definition) is 7. The molecule has 0 amide bonds. The molecule has 8 nitrogen and oxygen atoms in total. The van der Waals surface area contributed by atoms with Crippen LogP contribution in [-0.2, 0) is 56.6 Å². The fourth-order valence-corrected chi connectivity index (χ4v) is 12.0. The van der Waals surface area contributed by atoms with Gasteiger partial charge in [0.25, 0.3) is 0 Å². The minimum Gasteiger partial charge on any atom is -0.501 e. The van der Waals surface area contributed by atoms with Gasteiger partial charge >= 0.3 is 20.1 Å². The molecular formula is C84H82IrN7O. The maximum Gasteiger partial charge on any atom is 3.00 e. The molecule has 0 aliphatic rings. The Morgan fingerprint density at radius 2 is 1.10 bits per heavy atom. The summed E-state index contributed by atoms with van der Waals surface area (Å²) in [6.45, 7) is 30.5. The Morgan fingerprint density at radius 1 is 0.495 bits per heavy atom. The van der Waals surface area contributed by atoms with E-state index in [9.17, 15) is 0 Å². The van der Waals surface area contributed by atoms with E-state index in [1.54, 1.807) is 0 Å². The van der Waals surface area contributed by atoms with E-state index >= 15 is 0 Å². The van der Waals surface area contributed by atoms with Crippen molar-refractivity contribution >= 4 is 33.0 Å². The average molecular weight is 1400 g/mol. The van der Waals surface area contributed by atoms with Crippen molar-refractivity contribution in [2.45, 2.75) is 145 Å². The number of aromatic nitrogens is 7. The predicted molar refractivity (Wildman–Crippen MR) is 380 cm³/mol. The van der Waals surface area contributed by atoms with Gasteiger partial charge in [-0.25, -0.2) is 15.0 Å². The third-order valence-electron chi connectivity index (χ3n) is 17.6. The van der Waals surface area contributed by atoms with Crippen LogP contribution in [0.15, 0.2) is 187 Å². The number of rotatable bonds is 14. The number of nitrogens with zero attached hydrogens (tertiary/aromatic N) is 7. The second kappa shape index (κ2) is 27.3. The van der Waals surface area contributed by atoms with Crippen molar-refractivity contribution in [2.24, 2.45) is 0 Å². The van der Waals surface area contributed by atoms with Gasteiger partial charge in [-0.15, -0.1) is 89.0 Å². The van der Waals surface area contributed by atoms with Crippen LogP contribution in [-0.4, -0.2) is 34.5 Å². The minimum atomic E-state index is -0.198. The van der Waals surface area contributed by atoms with Crippen molar-refractivity contribution in [1.82, 2.24) is 34.5 Å². The number of pyridine rings is 2. The summed E-state index contributed by atoms with van der Waals surface area (Å²) in [5.41, 5.74) is 25.5. The Balaban J connectivity index is 0.000000200. The molecule has 5 aromatic heterocycles. The summed E-state index contributed by atoms with van der Waals surface area (Å²) in [4.78, 5) is 29.4. The smallest absolute Gasteiger partial charge is 0.501 e. The third-order valence-corrected chi connectivity index (χ3v) is 17.6. The topological polar surface area (TPSA) is 95.4 Å². The SMILES string of the molecule is CC(C)c1cc(-c2ccc(-c3nc(C(C)(C)C)nc(C(C)(C)C)n3)cc2)cc(C(C)C)c1-n1c(-c2[c-]ccc3c2oc2ccccc23)nc2ccccc21.Cc1c[c-]c(-c2cc(C)c(CCc3cccc(CCc4c[c-]c(-c5cc(C)c(C)cn5)cc4)c3)cn2)cc1.[Ir+3]. The van der Waals surface area contributed by atoms with Crippen LogP contribution >= 0.6 is 0 Å². The average Bonchev–Trinajstić information content (AvgIpc) is 1.62. The Hall–Kier alpha value is -9.01. The van der Waals surface area contributed by atoms with E-state index in [0.29, 0.717) is 5.82 Å². The van der Waals surface area contributed by atoms with E-state index in [1.165, 1.54) is 66.9 Å². The Bertz CT molecular complexity index is 4750. The quantitative estimate of drug-likeness (QED) is 0.100.